The number of carbonyl (C=O) groups excluding carboxylic acids is 1. The van der Waals surface area contributed by atoms with Crippen molar-refractivity contribution in [3.63, 3.8) is 0 Å². The van der Waals surface area contributed by atoms with E-state index in [0.717, 1.165) is 0 Å². The number of ether oxygens (including phenoxy) is 1. The Labute approximate surface area is 122 Å². The third-order valence-corrected chi connectivity index (χ3v) is 2.80. The van der Waals surface area contributed by atoms with Crippen LogP contribution in [0.5, 0.6) is 5.75 Å². The number of aromatic carboxylic acids is 1. The van der Waals surface area contributed by atoms with Gasteiger partial charge in [-0.15, -0.1) is 0 Å². The van der Waals surface area contributed by atoms with Crippen LogP contribution in [0.4, 0.5) is 10.5 Å². The SMILES string of the molecule is COc1ccc(C(=O)O)cc1NC(=O)N(C)CC(C)C#N. The maximum absolute atomic E-state index is 12.0. The van der Waals surface area contributed by atoms with Gasteiger partial charge in [0.25, 0.3) is 0 Å². The highest BCUT2D eigenvalue weighted by Crippen LogP contribution is 2.25. The predicted molar refractivity (Wildman–Crippen MR) is 76.4 cm³/mol. The molecule has 2 amide bonds. The Hall–Kier alpha value is -2.75. The third kappa shape index (κ3) is 4.38. The van der Waals surface area contributed by atoms with Crippen LogP contribution in [0.15, 0.2) is 18.2 Å². The molecular weight excluding hydrogens is 274 g/mol. The molecule has 1 aromatic rings. The van der Waals surface area contributed by atoms with Gasteiger partial charge >= 0.3 is 12.0 Å². The Bertz CT molecular complexity index is 580. The molecule has 0 heterocycles. The molecule has 0 fully saturated rings. The lowest BCUT2D eigenvalue weighted by Gasteiger charge is -2.20. The fourth-order valence-corrected chi connectivity index (χ4v) is 1.68. The maximum atomic E-state index is 12.0. The number of methoxy groups -OCH3 is 1. The van der Waals surface area contributed by atoms with Crippen LogP contribution < -0.4 is 10.1 Å². The molecule has 0 aliphatic rings. The highest BCUT2D eigenvalue weighted by Gasteiger charge is 2.15. The highest BCUT2D eigenvalue weighted by atomic mass is 16.5. The second kappa shape index (κ2) is 7.14. The normalized spacial score (nSPS) is 11.1. The van der Waals surface area contributed by atoms with E-state index in [1.807, 2.05) is 6.07 Å². The van der Waals surface area contributed by atoms with Crippen LogP contribution in [0.3, 0.4) is 0 Å². The van der Waals surface area contributed by atoms with Crippen molar-refractivity contribution < 1.29 is 19.4 Å². The van der Waals surface area contributed by atoms with Gasteiger partial charge in [-0.2, -0.15) is 5.26 Å². The zero-order valence-corrected chi connectivity index (χ0v) is 12.1. The summed E-state index contributed by atoms with van der Waals surface area (Å²) in [5, 5.41) is 20.3. The van der Waals surface area contributed by atoms with E-state index in [9.17, 15) is 9.59 Å². The summed E-state index contributed by atoms with van der Waals surface area (Å²) < 4.78 is 5.08. The van der Waals surface area contributed by atoms with Gasteiger partial charge in [0.15, 0.2) is 0 Å². The summed E-state index contributed by atoms with van der Waals surface area (Å²) in [7, 11) is 2.98. The number of carbonyl (C=O) groups is 2. The molecular formula is C14H17N3O4. The number of benzene rings is 1. The van der Waals surface area contributed by atoms with Crippen LogP contribution >= 0.6 is 0 Å². The third-order valence-electron chi connectivity index (χ3n) is 2.80. The molecule has 0 aromatic heterocycles. The number of hydrogen-bond acceptors (Lipinski definition) is 4. The fraction of sp³-hybridized carbons (Fsp3) is 0.357. The quantitative estimate of drug-likeness (QED) is 0.863. The monoisotopic (exact) mass is 291 g/mol. The predicted octanol–water partition coefficient (Wildman–Crippen LogP) is 2.02. The lowest BCUT2D eigenvalue weighted by atomic mass is 10.2. The van der Waals surface area contributed by atoms with Crippen LogP contribution in [0.25, 0.3) is 0 Å². The van der Waals surface area contributed by atoms with E-state index in [0.29, 0.717) is 5.75 Å². The number of carboxylic acid groups (broad SMARTS) is 1. The second-order valence-corrected chi connectivity index (χ2v) is 4.56. The van der Waals surface area contributed by atoms with Crippen molar-refractivity contribution in [1.82, 2.24) is 4.90 Å². The molecule has 1 rings (SSSR count). The van der Waals surface area contributed by atoms with E-state index in [4.69, 9.17) is 15.1 Å². The molecule has 0 saturated carbocycles. The lowest BCUT2D eigenvalue weighted by molar-refractivity contribution is 0.0697. The first-order valence-electron chi connectivity index (χ1n) is 6.22. The first-order chi connectivity index (χ1) is 9.88. The average molecular weight is 291 g/mol. The number of nitrogens with one attached hydrogen (secondary N) is 1. The van der Waals surface area contributed by atoms with Gasteiger partial charge in [-0.05, 0) is 25.1 Å². The van der Waals surface area contributed by atoms with E-state index in [1.165, 1.54) is 30.2 Å². The van der Waals surface area contributed by atoms with Gasteiger partial charge in [0.2, 0.25) is 0 Å². The van der Waals surface area contributed by atoms with E-state index < -0.39 is 12.0 Å². The number of carboxylic acids is 1. The minimum Gasteiger partial charge on any atom is -0.495 e. The summed E-state index contributed by atoms with van der Waals surface area (Å²) in [6, 6.07) is 5.77. The number of amides is 2. The van der Waals surface area contributed by atoms with E-state index >= 15 is 0 Å². The lowest BCUT2D eigenvalue weighted by Crippen LogP contribution is -2.34. The molecule has 1 aromatic carbocycles. The number of anilines is 1. The number of nitrogens with zero attached hydrogens (tertiary/aromatic N) is 2. The molecule has 0 aliphatic heterocycles. The van der Waals surface area contributed by atoms with Gasteiger partial charge in [-0.1, -0.05) is 0 Å². The van der Waals surface area contributed by atoms with Crippen LogP contribution in [0.2, 0.25) is 0 Å². The summed E-state index contributed by atoms with van der Waals surface area (Å²) in [6.45, 7) is 1.97. The van der Waals surface area contributed by atoms with Crippen LogP contribution in [-0.4, -0.2) is 42.7 Å². The van der Waals surface area contributed by atoms with Crippen molar-refractivity contribution in [1.29, 1.82) is 5.26 Å². The summed E-state index contributed by atoms with van der Waals surface area (Å²) in [4.78, 5) is 24.3. The molecule has 0 saturated heterocycles. The van der Waals surface area contributed by atoms with Crippen LogP contribution in [0.1, 0.15) is 17.3 Å². The second-order valence-electron chi connectivity index (χ2n) is 4.56. The smallest absolute Gasteiger partial charge is 0.335 e. The molecule has 1 unspecified atom stereocenters. The number of urea groups is 1. The summed E-state index contributed by atoms with van der Waals surface area (Å²) in [5.74, 6) is -1.04. The van der Waals surface area contributed by atoms with Gasteiger partial charge in [0.1, 0.15) is 5.75 Å². The molecule has 2 N–H and O–H groups in total. The largest absolute Gasteiger partial charge is 0.495 e. The Morgan fingerprint density at radius 3 is 2.71 bits per heavy atom. The molecule has 0 spiro atoms. The van der Waals surface area contributed by atoms with Crippen molar-refractivity contribution in [2.45, 2.75) is 6.92 Å². The molecule has 0 bridgehead atoms. The summed E-state index contributed by atoms with van der Waals surface area (Å²) in [6.07, 6.45) is 0. The van der Waals surface area contributed by atoms with E-state index in [-0.39, 0.29) is 23.7 Å². The molecule has 112 valence electrons. The highest BCUT2D eigenvalue weighted by molar-refractivity contribution is 5.94. The Balaban J connectivity index is 2.90. The minimum atomic E-state index is -1.10. The molecule has 7 nitrogen and oxygen atoms in total. The van der Waals surface area contributed by atoms with Crippen LogP contribution in [0, 0.1) is 17.2 Å². The zero-order valence-electron chi connectivity index (χ0n) is 12.1. The van der Waals surface area contributed by atoms with Gasteiger partial charge in [0.05, 0.1) is 30.3 Å². The van der Waals surface area contributed by atoms with Crippen molar-refractivity contribution >= 4 is 17.7 Å². The standard InChI is InChI=1S/C14H17N3O4/c1-9(7-15)8-17(2)14(20)16-11-6-10(13(18)19)4-5-12(11)21-3/h4-6,9H,8H2,1-3H3,(H,16,20)(H,18,19). The molecule has 0 radical (unpaired) electrons. The molecule has 7 heteroatoms. The zero-order chi connectivity index (χ0) is 16.0. The van der Waals surface area contributed by atoms with Gasteiger partial charge in [-0.3, -0.25) is 0 Å². The summed E-state index contributed by atoms with van der Waals surface area (Å²) in [5.41, 5.74) is 0.304. The number of hydrogen-bond donors (Lipinski definition) is 2. The van der Waals surface area contributed by atoms with E-state index in [2.05, 4.69) is 5.32 Å². The van der Waals surface area contributed by atoms with Gasteiger partial charge < -0.3 is 20.1 Å². The van der Waals surface area contributed by atoms with E-state index in [1.54, 1.807) is 14.0 Å². The minimum absolute atomic E-state index is 0.0409. The molecule has 21 heavy (non-hydrogen) atoms. The Morgan fingerprint density at radius 2 is 2.19 bits per heavy atom. The van der Waals surface area contributed by atoms with Crippen molar-refractivity contribution in [3.05, 3.63) is 23.8 Å². The Morgan fingerprint density at radius 1 is 1.52 bits per heavy atom. The maximum Gasteiger partial charge on any atom is 0.335 e. The van der Waals surface area contributed by atoms with Crippen LogP contribution in [-0.2, 0) is 0 Å². The number of nitriles is 1. The first-order valence-corrected chi connectivity index (χ1v) is 6.22. The Kier molecular flexibility index (Phi) is 5.55. The van der Waals surface area contributed by atoms with Gasteiger partial charge in [-0.25, -0.2) is 9.59 Å². The van der Waals surface area contributed by atoms with Crippen molar-refractivity contribution in [2.24, 2.45) is 5.92 Å². The number of rotatable bonds is 5. The average Bonchev–Trinajstić information content (AvgIpc) is 2.46. The summed E-state index contributed by atoms with van der Waals surface area (Å²) >= 11 is 0. The topological polar surface area (TPSA) is 103 Å². The molecule has 0 aliphatic carbocycles. The fourth-order valence-electron chi connectivity index (χ4n) is 1.68. The molecule has 1 atom stereocenters. The van der Waals surface area contributed by atoms with Crippen molar-refractivity contribution in [2.75, 3.05) is 26.0 Å². The van der Waals surface area contributed by atoms with Crippen molar-refractivity contribution in [3.8, 4) is 11.8 Å². The van der Waals surface area contributed by atoms with Gasteiger partial charge in [0, 0.05) is 13.6 Å². The first kappa shape index (κ1) is 16.3.